The SMILES string of the molecule is COCCNC(=O)c1ccc(N(C)C2CCS(=O)(=O)C2)cn1. The van der Waals surface area contributed by atoms with Gasteiger partial charge in [-0.15, -0.1) is 0 Å². The average molecular weight is 327 g/mol. The Hall–Kier alpha value is -1.67. The van der Waals surface area contributed by atoms with Crippen LogP contribution in [0.15, 0.2) is 18.3 Å². The molecule has 1 amide bonds. The Labute approximate surface area is 130 Å². The van der Waals surface area contributed by atoms with Crippen LogP contribution in [-0.2, 0) is 14.6 Å². The van der Waals surface area contributed by atoms with E-state index in [0.717, 1.165) is 5.69 Å². The summed E-state index contributed by atoms with van der Waals surface area (Å²) in [6.45, 7) is 0.876. The summed E-state index contributed by atoms with van der Waals surface area (Å²) in [5, 5.41) is 2.70. The number of ether oxygens (including phenoxy) is 1. The first-order chi connectivity index (χ1) is 10.4. The number of sulfone groups is 1. The molecule has 7 nitrogen and oxygen atoms in total. The number of pyridine rings is 1. The number of nitrogens with one attached hydrogen (secondary N) is 1. The predicted molar refractivity (Wildman–Crippen MR) is 83.9 cm³/mol. The zero-order valence-electron chi connectivity index (χ0n) is 12.8. The summed E-state index contributed by atoms with van der Waals surface area (Å²) >= 11 is 0. The minimum absolute atomic E-state index is 0.0341. The van der Waals surface area contributed by atoms with Crippen LogP contribution in [0, 0.1) is 0 Å². The van der Waals surface area contributed by atoms with Crippen molar-refractivity contribution in [1.29, 1.82) is 0 Å². The van der Waals surface area contributed by atoms with E-state index in [1.54, 1.807) is 25.4 Å². The summed E-state index contributed by atoms with van der Waals surface area (Å²) in [7, 11) is 0.495. The molecule has 0 saturated carbocycles. The van der Waals surface area contributed by atoms with Crippen LogP contribution in [0.4, 0.5) is 5.69 Å². The standard InChI is InChI=1S/C14H21N3O4S/c1-17(12-5-8-22(19,20)10-12)11-3-4-13(16-9-11)14(18)15-6-7-21-2/h3-4,9,12H,5-8,10H2,1-2H3,(H,15,18). The lowest BCUT2D eigenvalue weighted by atomic mass is 10.2. The number of methoxy groups -OCH3 is 1. The van der Waals surface area contributed by atoms with Gasteiger partial charge in [0.2, 0.25) is 0 Å². The van der Waals surface area contributed by atoms with Crippen molar-refractivity contribution in [1.82, 2.24) is 10.3 Å². The van der Waals surface area contributed by atoms with Gasteiger partial charge in [-0.2, -0.15) is 0 Å². The number of hydrogen-bond donors (Lipinski definition) is 1. The molecule has 0 aromatic carbocycles. The molecule has 8 heteroatoms. The van der Waals surface area contributed by atoms with Gasteiger partial charge in [-0.1, -0.05) is 0 Å². The number of carbonyl (C=O) groups excluding carboxylic acids is 1. The first-order valence-corrected chi connectivity index (χ1v) is 8.91. The Morgan fingerprint density at radius 1 is 1.50 bits per heavy atom. The Balaban J connectivity index is 1.98. The third-order valence-corrected chi connectivity index (χ3v) is 5.49. The van der Waals surface area contributed by atoms with Gasteiger partial charge in [0.05, 0.1) is 30.0 Å². The highest BCUT2D eigenvalue weighted by atomic mass is 32.2. The smallest absolute Gasteiger partial charge is 0.269 e. The van der Waals surface area contributed by atoms with E-state index in [9.17, 15) is 13.2 Å². The molecule has 1 aliphatic heterocycles. The van der Waals surface area contributed by atoms with Gasteiger partial charge in [0, 0.05) is 26.7 Å². The summed E-state index contributed by atoms with van der Waals surface area (Å²) in [5.41, 5.74) is 1.13. The van der Waals surface area contributed by atoms with Crippen molar-refractivity contribution >= 4 is 21.4 Å². The first-order valence-electron chi connectivity index (χ1n) is 7.09. The first kappa shape index (κ1) is 16.7. The molecular formula is C14H21N3O4S. The number of rotatable bonds is 6. The number of aromatic nitrogens is 1. The molecule has 2 rings (SSSR count). The van der Waals surface area contributed by atoms with E-state index in [0.29, 0.717) is 25.3 Å². The lowest BCUT2D eigenvalue weighted by Gasteiger charge is -2.25. The van der Waals surface area contributed by atoms with Crippen molar-refractivity contribution in [3.8, 4) is 0 Å². The van der Waals surface area contributed by atoms with E-state index < -0.39 is 9.84 Å². The molecule has 0 bridgehead atoms. The quantitative estimate of drug-likeness (QED) is 0.745. The second-order valence-corrected chi connectivity index (χ2v) is 7.55. The molecule has 0 spiro atoms. The van der Waals surface area contributed by atoms with E-state index in [1.165, 1.54) is 0 Å². The maximum absolute atomic E-state index is 11.8. The van der Waals surface area contributed by atoms with Crippen LogP contribution >= 0.6 is 0 Å². The van der Waals surface area contributed by atoms with Gasteiger partial charge in [0.1, 0.15) is 5.69 Å². The fourth-order valence-corrected chi connectivity index (χ4v) is 4.15. The van der Waals surface area contributed by atoms with Crippen molar-refractivity contribution in [3.63, 3.8) is 0 Å². The second kappa shape index (κ2) is 7.06. The molecule has 1 saturated heterocycles. The molecule has 1 unspecified atom stereocenters. The summed E-state index contributed by atoms with van der Waals surface area (Å²) in [5.74, 6) is 0.146. The maximum atomic E-state index is 11.8. The molecule has 1 aliphatic rings. The second-order valence-electron chi connectivity index (χ2n) is 5.32. The van der Waals surface area contributed by atoms with E-state index in [4.69, 9.17) is 4.74 Å². The van der Waals surface area contributed by atoms with Crippen molar-refractivity contribution in [2.24, 2.45) is 0 Å². The lowest BCUT2D eigenvalue weighted by Crippen LogP contribution is -2.33. The third-order valence-electron chi connectivity index (χ3n) is 3.74. The maximum Gasteiger partial charge on any atom is 0.269 e. The number of carbonyl (C=O) groups is 1. The zero-order chi connectivity index (χ0) is 16.2. The van der Waals surface area contributed by atoms with Crippen molar-refractivity contribution < 1.29 is 17.9 Å². The summed E-state index contributed by atoms with van der Waals surface area (Å²) < 4.78 is 27.9. The third kappa shape index (κ3) is 4.17. The Morgan fingerprint density at radius 2 is 2.27 bits per heavy atom. The molecule has 1 atom stereocenters. The number of hydrogen-bond acceptors (Lipinski definition) is 6. The molecule has 122 valence electrons. The van der Waals surface area contributed by atoms with Crippen molar-refractivity contribution in [2.75, 3.05) is 43.7 Å². The van der Waals surface area contributed by atoms with Crippen molar-refractivity contribution in [2.45, 2.75) is 12.5 Å². The fourth-order valence-electron chi connectivity index (χ4n) is 2.38. The number of amides is 1. The molecule has 0 radical (unpaired) electrons. The van der Waals surface area contributed by atoms with E-state index in [2.05, 4.69) is 10.3 Å². The Morgan fingerprint density at radius 3 is 2.82 bits per heavy atom. The Kier molecular flexibility index (Phi) is 5.36. The molecule has 0 aliphatic carbocycles. The van der Waals surface area contributed by atoms with Crippen LogP contribution < -0.4 is 10.2 Å². The summed E-state index contributed by atoms with van der Waals surface area (Å²) in [4.78, 5) is 17.9. The van der Waals surface area contributed by atoms with Crippen LogP contribution in [-0.4, -0.2) is 64.2 Å². The molecule has 2 heterocycles. The van der Waals surface area contributed by atoms with E-state index >= 15 is 0 Å². The van der Waals surface area contributed by atoms with Crippen LogP contribution in [0.3, 0.4) is 0 Å². The van der Waals surface area contributed by atoms with E-state index in [-0.39, 0.29) is 23.5 Å². The van der Waals surface area contributed by atoms with Crippen molar-refractivity contribution in [3.05, 3.63) is 24.0 Å². The van der Waals surface area contributed by atoms with Crippen LogP contribution in [0.5, 0.6) is 0 Å². The van der Waals surface area contributed by atoms with Gasteiger partial charge in [0.15, 0.2) is 9.84 Å². The van der Waals surface area contributed by atoms with Gasteiger partial charge >= 0.3 is 0 Å². The van der Waals surface area contributed by atoms with Gasteiger partial charge in [0.25, 0.3) is 5.91 Å². The molecular weight excluding hydrogens is 306 g/mol. The highest BCUT2D eigenvalue weighted by Crippen LogP contribution is 2.22. The monoisotopic (exact) mass is 327 g/mol. The van der Waals surface area contributed by atoms with Crippen LogP contribution in [0.1, 0.15) is 16.9 Å². The minimum atomic E-state index is -2.92. The highest BCUT2D eigenvalue weighted by molar-refractivity contribution is 7.91. The molecule has 1 aromatic heterocycles. The predicted octanol–water partition coefficient (Wildman–Crippen LogP) is 0.0811. The van der Waals surface area contributed by atoms with Gasteiger partial charge < -0.3 is 15.0 Å². The number of anilines is 1. The molecule has 1 fully saturated rings. The normalized spacial score (nSPS) is 19.8. The number of nitrogens with zero attached hydrogens (tertiary/aromatic N) is 2. The fraction of sp³-hybridized carbons (Fsp3) is 0.571. The van der Waals surface area contributed by atoms with Crippen LogP contribution in [0.2, 0.25) is 0 Å². The molecule has 1 N–H and O–H groups in total. The van der Waals surface area contributed by atoms with Gasteiger partial charge in [-0.25, -0.2) is 13.4 Å². The van der Waals surface area contributed by atoms with Crippen LogP contribution in [0.25, 0.3) is 0 Å². The minimum Gasteiger partial charge on any atom is -0.383 e. The van der Waals surface area contributed by atoms with Gasteiger partial charge in [-0.3, -0.25) is 4.79 Å². The zero-order valence-corrected chi connectivity index (χ0v) is 13.6. The highest BCUT2D eigenvalue weighted by Gasteiger charge is 2.30. The summed E-state index contributed by atoms with van der Waals surface area (Å²) in [6.07, 6.45) is 2.22. The summed E-state index contributed by atoms with van der Waals surface area (Å²) in [6, 6.07) is 3.38. The average Bonchev–Trinajstić information content (AvgIpc) is 2.87. The van der Waals surface area contributed by atoms with E-state index in [1.807, 2.05) is 11.9 Å². The van der Waals surface area contributed by atoms with Gasteiger partial charge in [-0.05, 0) is 18.6 Å². The Bertz CT molecular complexity index is 615. The molecule has 1 aromatic rings. The lowest BCUT2D eigenvalue weighted by molar-refractivity contribution is 0.0932. The molecule has 22 heavy (non-hydrogen) atoms. The topological polar surface area (TPSA) is 88.6 Å². The largest absolute Gasteiger partial charge is 0.383 e.